The van der Waals surface area contributed by atoms with Gasteiger partial charge in [0.05, 0.1) is 19.1 Å². The number of sulfonamides is 1. The summed E-state index contributed by atoms with van der Waals surface area (Å²) in [4.78, 5) is 11.2. The highest BCUT2D eigenvalue weighted by Gasteiger charge is 2.21. The summed E-state index contributed by atoms with van der Waals surface area (Å²) in [5.41, 5.74) is 0.290. The summed E-state index contributed by atoms with van der Waals surface area (Å²) in [5, 5.41) is 9.66. The van der Waals surface area contributed by atoms with Gasteiger partial charge in [-0.05, 0) is 6.07 Å². The molecule has 0 saturated heterocycles. The van der Waals surface area contributed by atoms with E-state index in [2.05, 4.69) is 9.46 Å². The van der Waals surface area contributed by atoms with E-state index in [4.69, 9.17) is 0 Å². The molecule has 7 heteroatoms. The van der Waals surface area contributed by atoms with E-state index in [9.17, 15) is 18.3 Å². The number of esters is 1. The SMILES string of the molecule is COC(=O)C(O)c1ccccc1NS(C)(=O)=O. The molecule has 6 nitrogen and oxygen atoms in total. The third-order valence-electron chi connectivity index (χ3n) is 1.98. The lowest BCUT2D eigenvalue weighted by molar-refractivity contribution is -0.150. The lowest BCUT2D eigenvalue weighted by Gasteiger charge is -2.14. The highest BCUT2D eigenvalue weighted by atomic mass is 32.2. The Balaban J connectivity index is 3.12. The first kappa shape index (κ1) is 13.5. The van der Waals surface area contributed by atoms with Gasteiger partial charge in [0.2, 0.25) is 10.0 Å². The van der Waals surface area contributed by atoms with Crippen LogP contribution in [-0.2, 0) is 19.6 Å². The van der Waals surface area contributed by atoms with Crippen molar-refractivity contribution in [1.82, 2.24) is 0 Å². The van der Waals surface area contributed by atoms with Crippen LogP contribution < -0.4 is 4.72 Å². The summed E-state index contributed by atoms with van der Waals surface area (Å²) >= 11 is 0. The predicted octanol–water partition coefficient (Wildman–Crippen LogP) is 0.264. The Hall–Kier alpha value is -1.60. The lowest BCUT2D eigenvalue weighted by Crippen LogP contribution is -2.17. The van der Waals surface area contributed by atoms with Crippen LogP contribution in [0.4, 0.5) is 5.69 Å². The molecule has 0 heterocycles. The van der Waals surface area contributed by atoms with Crippen molar-refractivity contribution in [3.8, 4) is 0 Å². The fourth-order valence-electron chi connectivity index (χ4n) is 1.27. The first-order valence-electron chi connectivity index (χ1n) is 4.68. The number of carbonyl (C=O) groups excluding carboxylic acids is 1. The van der Waals surface area contributed by atoms with E-state index in [1.165, 1.54) is 12.1 Å². The molecule has 0 aliphatic rings. The number of anilines is 1. The topological polar surface area (TPSA) is 92.7 Å². The average Bonchev–Trinajstić information content (AvgIpc) is 2.25. The second kappa shape index (κ2) is 5.15. The van der Waals surface area contributed by atoms with Gasteiger partial charge in [-0.3, -0.25) is 4.72 Å². The molecule has 0 radical (unpaired) electrons. The number of aliphatic hydroxyl groups excluding tert-OH is 1. The number of rotatable bonds is 4. The molecule has 94 valence electrons. The summed E-state index contributed by atoms with van der Waals surface area (Å²) in [5.74, 6) is -0.854. The van der Waals surface area contributed by atoms with Crippen molar-refractivity contribution < 1.29 is 23.1 Å². The van der Waals surface area contributed by atoms with Crippen LogP contribution in [-0.4, -0.2) is 32.9 Å². The number of hydrogen-bond donors (Lipinski definition) is 2. The minimum atomic E-state index is -3.48. The van der Waals surface area contributed by atoms with Gasteiger partial charge in [-0.15, -0.1) is 0 Å². The molecule has 1 aromatic rings. The summed E-state index contributed by atoms with van der Waals surface area (Å²) in [7, 11) is -2.34. The van der Waals surface area contributed by atoms with Crippen molar-refractivity contribution in [3.63, 3.8) is 0 Å². The molecule has 0 bridgehead atoms. The number of methoxy groups -OCH3 is 1. The minimum Gasteiger partial charge on any atom is -0.467 e. The first-order chi connectivity index (χ1) is 7.85. The minimum absolute atomic E-state index is 0.143. The number of ether oxygens (including phenoxy) is 1. The van der Waals surface area contributed by atoms with E-state index < -0.39 is 22.1 Å². The van der Waals surface area contributed by atoms with E-state index in [0.717, 1.165) is 13.4 Å². The monoisotopic (exact) mass is 259 g/mol. The molecule has 0 aliphatic heterocycles. The largest absolute Gasteiger partial charge is 0.467 e. The fourth-order valence-corrected chi connectivity index (χ4v) is 1.85. The molecule has 0 saturated carbocycles. The van der Waals surface area contributed by atoms with Gasteiger partial charge in [-0.25, -0.2) is 13.2 Å². The molecule has 0 aromatic heterocycles. The zero-order chi connectivity index (χ0) is 13.1. The van der Waals surface area contributed by atoms with Gasteiger partial charge >= 0.3 is 5.97 Å². The van der Waals surface area contributed by atoms with Crippen LogP contribution in [0.25, 0.3) is 0 Å². The molecule has 0 amide bonds. The second-order valence-electron chi connectivity index (χ2n) is 3.39. The van der Waals surface area contributed by atoms with Crippen molar-refractivity contribution in [2.45, 2.75) is 6.10 Å². The van der Waals surface area contributed by atoms with E-state index in [1.54, 1.807) is 12.1 Å². The fraction of sp³-hybridized carbons (Fsp3) is 0.300. The van der Waals surface area contributed by atoms with E-state index in [-0.39, 0.29) is 11.3 Å². The standard InChI is InChI=1S/C10H13NO5S/c1-16-10(13)9(12)7-5-3-4-6-8(7)11-17(2,14)15/h3-6,9,11-12H,1-2H3. The number of para-hydroxylation sites is 1. The van der Waals surface area contributed by atoms with Crippen molar-refractivity contribution in [2.24, 2.45) is 0 Å². The third-order valence-corrected chi connectivity index (χ3v) is 2.57. The Labute approximate surface area is 99.3 Å². The third kappa shape index (κ3) is 3.72. The maximum Gasteiger partial charge on any atom is 0.339 e. The predicted molar refractivity (Wildman–Crippen MR) is 61.9 cm³/mol. The Morgan fingerprint density at radius 3 is 2.53 bits per heavy atom. The molecular formula is C10H13NO5S. The van der Waals surface area contributed by atoms with Gasteiger partial charge in [0, 0.05) is 5.56 Å². The summed E-state index contributed by atoms with van der Waals surface area (Å²) in [6.45, 7) is 0. The van der Waals surface area contributed by atoms with E-state index >= 15 is 0 Å². The number of carbonyl (C=O) groups is 1. The first-order valence-corrected chi connectivity index (χ1v) is 6.57. The Kier molecular flexibility index (Phi) is 4.08. The van der Waals surface area contributed by atoms with Crippen LogP contribution in [0.3, 0.4) is 0 Å². The van der Waals surface area contributed by atoms with Gasteiger partial charge < -0.3 is 9.84 Å². The molecule has 1 rings (SSSR count). The number of aliphatic hydroxyl groups is 1. The highest BCUT2D eigenvalue weighted by molar-refractivity contribution is 7.92. The van der Waals surface area contributed by atoms with E-state index in [0.29, 0.717) is 0 Å². The molecule has 0 spiro atoms. The summed E-state index contributed by atoms with van der Waals surface area (Å²) in [6, 6.07) is 6.05. The molecular weight excluding hydrogens is 246 g/mol. The Bertz CT molecular complexity index is 511. The van der Waals surface area contributed by atoms with Crippen LogP contribution >= 0.6 is 0 Å². The van der Waals surface area contributed by atoms with Crippen LogP contribution in [0.5, 0.6) is 0 Å². The molecule has 2 N–H and O–H groups in total. The molecule has 0 fully saturated rings. The van der Waals surface area contributed by atoms with Gasteiger partial charge in [0.15, 0.2) is 6.10 Å². The van der Waals surface area contributed by atoms with E-state index in [1.807, 2.05) is 0 Å². The quantitative estimate of drug-likeness (QED) is 0.757. The smallest absolute Gasteiger partial charge is 0.339 e. The van der Waals surface area contributed by atoms with Crippen molar-refractivity contribution in [2.75, 3.05) is 18.1 Å². The van der Waals surface area contributed by atoms with Crippen molar-refractivity contribution in [3.05, 3.63) is 29.8 Å². The molecule has 1 unspecified atom stereocenters. The highest BCUT2D eigenvalue weighted by Crippen LogP contribution is 2.24. The van der Waals surface area contributed by atoms with Crippen molar-refractivity contribution in [1.29, 1.82) is 0 Å². The Morgan fingerprint density at radius 2 is 2.00 bits per heavy atom. The Morgan fingerprint density at radius 1 is 1.41 bits per heavy atom. The van der Waals surface area contributed by atoms with Gasteiger partial charge in [-0.2, -0.15) is 0 Å². The molecule has 0 aliphatic carbocycles. The normalized spacial score (nSPS) is 12.9. The number of hydrogen-bond acceptors (Lipinski definition) is 5. The van der Waals surface area contributed by atoms with Crippen molar-refractivity contribution >= 4 is 21.7 Å². The number of nitrogens with one attached hydrogen (secondary N) is 1. The average molecular weight is 259 g/mol. The zero-order valence-electron chi connectivity index (χ0n) is 9.38. The second-order valence-corrected chi connectivity index (χ2v) is 5.14. The molecule has 17 heavy (non-hydrogen) atoms. The maximum absolute atomic E-state index is 11.2. The number of benzene rings is 1. The molecule has 1 atom stereocenters. The zero-order valence-corrected chi connectivity index (χ0v) is 10.2. The molecule has 1 aromatic carbocycles. The summed E-state index contributed by atoms with van der Waals surface area (Å²) < 4.78 is 28.8. The van der Waals surface area contributed by atoms with Gasteiger partial charge in [0.1, 0.15) is 0 Å². The van der Waals surface area contributed by atoms with Crippen LogP contribution in [0.1, 0.15) is 11.7 Å². The lowest BCUT2D eigenvalue weighted by atomic mass is 10.1. The van der Waals surface area contributed by atoms with Gasteiger partial charge in [-0.1, -0.05) is 18.2 Å². The van der Waals surface area contributed by atoms with Crippen LogP contribution in [0.15, 0.2) is 24.3 Å². The van der Waals surface area contributed by atoms with Gasteiger partial charge in [0.25, 0.3) is 0 Å². The summed E-state index contributed by atoms with van der Waals surface area (Å²) in [6.07, 6.45) is -0.542. The maximum atomic E-state index is 11.2. The van der Waals surface area contributed by atoms with Crippen LogP contribution in [0, 0.1) is 0 Å². The van der Waals surface area contributed by atoms with Crippen LogP contribution in [0.2, 0.25) is 0 Å².